The Kier molecular flexibility index (Phi) is 6.62. The molecule has 0 radical (unpaired) electrons. The molecule has 7 nitrogen and oxygen atoms in total. The zero-order valence-electron chi connectivity index (χ0n) is 15.3. The number of carbonyl (C=O) groups is 2. The molecule has 146 valence electrons. The van der Waals surface area contributed by atoms with Crippen molar-refractivity contribution in [3.8, 4) is 0 Å². The highest BCUT2D eigenvalue weighted by molar-refractivity contribution is 6.31. The van der Waals surface area contributed by atoms with Crippen molar-refractivity contribution in [2.24, 2.45) is 5.73 Å². The number of nitrogens with zero attached hydrogens (tertiary/aromatic N) is 2. The summed E-state index contributed by atoms with van der Waals surface area (Å²) < 4.78 is 1.96. The number of aryl methyl sites for hydroxylation is 2. The number of benzene rings is 2. The quantitative estimate of drug-likeness (QED) is 0.541. The average Bonchev–Trinajstić information content (AvgIpc) is 3.03. The molecule has 0 saturated carbocycles. The molecule has 8 heteroatoms. The third kappa shape index (κ3) is 5.09. The van der Waals surface area contributed by atoms with Gasteiger partial charge < -0.3 is 15.6 Å². The number of rotatable bonds is 8. The average molecular weight is 400 g/mol. The number of imidazole rings is 1. The van der Waals surface area contributed by atoms with Crippen LogP contribution in [0.3, 0.4) is 0 Å². The highest BCUT2D eigenvalue weighted by Gasteiger charge is 2.14. The summed E-state index contributed by atoms with van der Waals surface area (Å²) in [6, 6.07) is 15.7. The highest BCUT2D eigenvalue weighted by Crippen LogP contribution is 2.24. The Morgan fingerprint density at radius 2 is 1.89 bits per heavy atom. The van der Waals surface area contributed by atoms with Crippen molar-refractivity contribution in [2.45, 2.75) is 19.4 Å². The summed E-state index contributed by atoms with van der Waals surface area (Å²) in [5, 5.41) is 5.79. The molecule has 0 saturated heterocycles. The summed E-state index contributed by atoms with van der Waals surface area (Å²) in [5.41, 5.74) is 8.07. The van der Waals surface area contributed by atoms with Crippen molar-refractivity contribution in [1.82, 2.24) is 14.9 Å². The molecule has 0 aliphatic carbocycles. The second-order valence-electron chi connectivity index (χ2n) is 6.34. The lowest BCUT2D eigenvalue weighted by Gasteiger charge is -2.11. The fraction of sp³-hybridized carbons (Fsp3) is 0.250. The van der Waals surface area contributed by atoms with Gasteiger partial charge in [-0.1, -0.05) is 41.9 Å². The molecule has 0 fully saturated rings. The van der Waals surface area contributed by atoms with Gasteiger partial charge in [0.1, 0.15) is 0 Å². The summed E-state index contributed by atoms with van der Waals surface area (Å²) in [7, 11) is 0. The van der Waals surface area contributed by atoms with Gasteiger partial charge in [0.25, 0.3) is 0 Å². The van der Waals surface area contributed by atoms with Crippen LogP contribution in [-0.2, 0) is 22.6 Å². The lowest BCUT2D eigenvalue weighted by atomic mass is 10.1. The van der Waals surface area contributed by atoms with Gasteiger partial charge in [-0.05, 0) is 36.6 Å². The van der Waals surface area contributed by atoms with Gasteiger partial charge >= 0.3 is 0 Å². The first-order chi connectivity index (χ1) is 13.6. The Bertz CT molecular complexity index is 971. The fourth-order valence-electron chi connectivity index (χ4n) is 2.93. The third-order valence-electron chi connectivity index (χ3n) is 4.28. The molecule has 2 aromatic carbocycles. The molecular formula is C20H22ClN5O2. The normalized spacial score (nSPS) is 10.8. The molecule has 2 amide bonds. The van der Waals surface area contributed by atoms with Crippen molar-refractivity contribution in [3.05, 3.63) is 59.1 Å². The Morgan fingerprint density at radius 1 is 1.11 bits per heavy atom. The van der Waals surface area contributed by atoms with Crippen molar-refractivity contribution < 1.29 is 9.59 Å². The lowest BCUT2D eigenvalue weighted by molar-refractivity contribution is -0.123. The molecule has 3 aromatic rings. The first kappa shape index (κ1) is 19.9. The molecule has 0 unspecified atom stereocenters. The van der Waals surface area contributed by atoms with E-state index in [-0.39, 0.29) is 19.0 Å². The van der Waals surface area contributed by atoms with Crippen LogP contribution in [0.1, 0.15) is 12.0 Å². The first-order valence-corrected chi connectivity index (χ1v) is 9.41. The monoisotopic (exact) mass is 399 g/mol. The van der Waals surface area contributed by atoms with Gasteiger partial charge in [0.15, 0.2) is 0 Å². The Hall–Kier alpha value is -2.90. The number of nitrogens with one attached hydrogen (secondary N) is 2. The van der Waals surface area contributed by atoms with E-state index in [0.717, 1.165) is 18.4 Å². The highest BCUT2D eigenvalue weighted by atomic mass is 35.5. The molecule has 28 heavy (non-hydrogen) atoms. The van der Waals surface area contributed by atoms with Crippen molar-refractivity contribution in [3.63, 3.8) is 0 Å². The maximum atomic E-state index is 12.2. The van der Waals surface area contributed by atoms with E-state index in [1.165, 1.54) is 5.56 Å². The summed E-state index contributed by atoms with van der Waals surface area (Å²) >= 11 is 6.08. The number of anilines is 1. The van der Waals surface area contributed by atoms with Gasteiger partial charge in [0.2, 0.25) is 17.8 Å². The second-order valence-corrected chi connectivity index (χ2v) is 6.77. The van der Waals surface area contributed by atoms with Gasteiger partial charge in [-0.3, -0.25) is 14.9 Å². The Balaban J connectivity index is 1.75. The van der Waals surface area contributed by atoms with Gasteiger partial charge in [-0.15, -0.1) is 0 Å². The fourth-order valence-corrected chi connectivity index (χ4v) is 3.10. The number of amides is 2. The van der Waals surface area contributed by atoms with Crippen LogP contribution in [-0.4, -0.2) is 34.5 Å². The minimum absolute atomic E-state index is 0.163. The number of fused-ring (bicyclic) bond motifs is 1. The van der Waals surface area contributed by atoms with Gasteiger partial charge in [0.05, 0.1) is 24.1 Å². The van der Waals surface area contributed by atoms with Gasteiger partial charge in [-0.2, -0.15) is 0 Å². The van der Waals surface area contributed by atoms with Crippen molar-refractivity contribution in [2.75, 3.05) is 18.4 Å². The maximum Gasteiger partial charge on any atom is 0.246 e. The number of nitrogens with two attached hydrogens (primary N) is 1. The van der Waals surface area contributed by atoms with Crippen LogP contribution in [0.15, 0.2) is 48.5 Å². The molecule has 1 aromatic heterocycles. The van der Waals surface area contributed by atoms with E-state index < -0.39 is 5.91 Å². The van der Waals surface area contributed by atoms with Crippen LogP contribution in [0.4, 0.5) is 5.95 Å². The lowest BCUT2D eigenvalue weighted by Crippen LogP contribution is -2.36. The van der Waals surface area contributed by atoms with Crippen LogP contribution in [0.25, 0.3) is 11.0 Å². The van der Waals surface area contributed by atoms with E-state index in [2.05, 4.69) is 27.8 Å². The minimum Gasteiger partial charge on any atom is -0.346 e. The molecule has 0 atom stereocenters. The van der Waals surface area contributed by atoms with E-state index in [1.807, 2.05) is 28.8 Å². The SMILES string of the molecule is NCC(=O)NCC(=O)Nc1nc2cc(Cl)ccc2n1CCCc1ccccc1. The summed E-state index contributed by atoms with van der Waals surface area (Å²) in [6.45, 7) is 0.353. The molecule has 1 heterocycles. The number of carbonyl (C=O) groups excluding carboxylic acids is 2. The van der Waals surface area contributed by atoms with Crippen molar-refractivity contribution in [1.29, 1.82) is 0 Å². The van der Waals surface area contributed by atoms with Gasteiger partial charge in [0, 0.05) is 11.6 Å². The summed E-state index contributed by atoms with van der Waals surface area (Å²) in [5.74, 6) is -0.330. The number of hydrogen-bond donors (Lipinski definition) is 3. The number of halogens is 1. The van der Waals surface area contributed by atoms with Crippen LogP contribution in [0, 0.1) is 0 Å². The van der Waals surface area contributed by atoms with E-state index in [0.29, 0.717) is 23.0 Å². The zero-order valence-corrected chi connectivity index (χ0v) is 16.1. The standard InChI is InChI=1S/C20H22ClN5O2/c21-15-8-9-17-16(11-15)24-20(25-19(28)13-23-18(27)12-22)26(17)10-4-7-14-5-2-1-3-6-14/h1-3,5-6,8-9,11H,4,7,10,12-13,22H2,(H,23,27)(H,24,25,28). The minimum atomic E-state index is -0.390. The Labute approximate surface area is 167 Å². The van der Waals surface area contributed by atoms with Crippen molar-refractivity contribution >= 4 is 40.4 Å². The topological polar surface area (TPSA) is 102 Å². The molecule has 0 bridgehead atoms. The maximum absolute atomic E-state index is 12.2. The van der Waals surface area contributed by atoms with Gasteiger partial charge in [-0.25, -0.2) is 4.98 Å². The summed E-state index contributed by atoms with van der Waals surface area (Å²) in [6.07, 6.45) is 1.79. The van der Waals surface area contributed by atoms with E-state index in [1.54, 1.807) is 12.1 Å². The number of hydrogen-bond acceptors (Lipinski definition) is 4. The zero-order chi connectivity index (χ0) is 19.9. The van der Waals surface area contributed by atoms with Crippen LogP contribution in [0.5, 0.6) is 0 Å². The van der Waals surface area contributed by atoms with Crippen LogP contribution >= 0.6 is 11.6 Å². The molecular weight excluding hydrogens is 378 g/mol. The van der Waals surface area contributed by atoms with E-state index in [4.69, 9.17) is 17.3 Å². The molecule has 0 aliphatic rings. The van der Waals surface area contributed by atoms with Crippen LogP contribution < -0.4 is 16.4 Å². The third-order valence-corrected chi connectivity index (χ3v) is 4.52. The largest absolute Gasteiger partial charge is 0.346 e. The first-order valence-electron chi connectivity index (χ1n) is 9.03. The predicted molar refractivity (Wildman–Crippen MR) is 110 cm³/mol. The second kappa shape index (κ2) is 9.34. The molecule has 4 N–H and O–H groups in total. The molecule has 0 spiro atoms. The summed E-state index contributed by atoms with van der Waals surface area (Å²) in [4.78, 5) is 27.9. The van der Waals surface area contributed by atoms with E-state index in [9.17, 15) is 9.59 Å². The molecule has 0 aliphatic heterocycles. The smallest absolute Gasteiger partial charge is 0.246 e. The number of aromatic nitrogens is 2. The van der Waals surface area contributed by atoms with Crippen LogP contribution in [0.2, 0.25) is 5.02 Å². The Morgan fingerprint density at radius 3 is 2.64 bits per heavy atom. The molecule has 3 rings (SSSR count). The van der Waals surface area contributed by atoms with E-state index >= 15 is 0 Å². The predicted octanol–water partition coefficient (Wildman–Crippen LogP) is 2.34.